The van der Waals surface area contributed by atoms with Crippen LogP contribution in [0.25, 0.3) is 5.69 Å². The largest absolute Gasteiger partial charge is 0.316 e. The molecule has 40 heavy (non-hydrogen) atoms. The fraction of sp³-hybridized carbons (Fsp3) is 0.200. The lowest BCUT2D eigenvalue weighted by molar-refractivity contribution is -0.119. The van der Waals surface area contributed by atoms with E-state index in [1.807, 2.05) is 48.7 Å². The highest BCUT2D eigenvalue weighted by Gasteiger charge is 2.27. The third-order valence-electron chi connectivity index (χ3n) is 6.50. The number of rotatable bonds is 9. The molecule has 1 amide bonds. The highest BCUT2D eigenvalue weighted by molar-refractivity contribution is 7.92. The Morgan fingerprint density at radius 3 is 2.33 bits per heavy atom. The minimum atomic E-state index is -4.01. The second-order valence-corrected chi connectivity index (χ2v) is 12.2. The van der Waals surface area contributed by atoms with Gasteiger partial charge in [0.25, 0.3) is 15.9 Å². The van der Waals surface area contributed by atoms with Gasteiger partial charge >= 0.3 is 0 Å². The van der Waals surface area contributed by atoms with Gasteiger partial charge in [-0.15, -0.1) is 0 Å². The molecule has 0 radical (unpaired) electrons. The minimum Gasteiger partial charge on any atom is -0.316 e. The molecule has 0 atom stereocenters. The molecule has 7 nitrogen and oxygen atoms in total. The SMILES string of the molecule is Cc1cc(/C=N\NC(=O)CN(c2ccc(C(C)C)cc2)S(=O)(=O)c2ccccc2)c(C)n1-c1cccc(Cl)c1Cl. The first-order chi connectivity index (χ1) is 19.0. The number of benzene rings is 3. The Bertz CT molecular complexity index is 1650. The Kier molecular flexibility index (Phi) is 9.03. The van der Waals surface area contributed by atoms with Gasteiger partial charge in [0.1, 0.15) is 6.54 Å². The van der Waals surface area contributed by atoms with E-state index in [0.717, 1.165) is 32.5 Å². The van der Waals surface area contributed by atoms with Crippen LogP contribution >= 0.6 is 23.2 Å². The van der Waals surface area contributed by atoms with Gasteiger partial charge in [-0.2, -0.15) is 5.10 Å². The number of hydrogen-bond acceptors (Lipinski definition) is 4. The molecule has 0 fully saturated rings. The molecule has 1 aromatic heterocycles. The topological polar surface area (TPSA) is 83.8 Å². The van der Waals surface area contributed by atoms with Crippen LogP contribution in [0, 0.1) is 13.8 Å². The summed E-state index contributed by atoms with van der Waals surface area (Å²) in [5, 5.41) is 4.99. The maximum atomic E-state index is 13.5. The summed E-state index contributed by atoms with van der Waals surface area (Å²) in [7, 11) is -4.01. The number of carbonyl (C=O) groups excluding carboxylic acids is 1. The smallest absolute Gasteiger partial charge is 0.264 e. The second-order valence-electron chi connectivity index (χ2n) is 9.60. The van der Waals surface area contributed by atoms with Gasteiger partial charge in [0, 0.05) is 17.0 Å². The predicted molar refractivity (Wildman–Crippen MR) is 163 cm³/mol. The number of anilines is 1. The third kappa shape index (κ3) is 6.25. The van der Waals surface area contributed by atoms with E-state index >= 15 is 0 Å². The van der Waals surface area contributed by atoms with Crippen LogP contribution in [0.2, 0.25) is 10.0 Å². The number of halogens is 2. The van der Waals surface area contributed by atoms with E-state index in [-0.39, 0.29) is 10.8 Å². The molecule has 10 heteroatoms. The number of amides is 1. The Balaban J connectivity index is 1.57. The van der Waals surface area contributed by atoms with Gasteiger partial charge in [0.15, 0.2) is 0 Å². The van der Waals surface area contributed by atoms with Crippen molar-refractivity contribution in [1.29, 1.82) is 0 Å². The summed E-state index contributed by atoms with van der Waals surface area (Å²) in [6.45, 7) is 7.49. The molecule has 0 saturated carbocycles. The summed E-state index contributed by atoms with van der Waals surface area (Å²) in [4.78, 5) is 13.1. The standard InChI is InChI=1S/C30H30Cl2N4O3S/c1-20(2)23-13-15-25(16-14-23)35(40(38,39)26-9-6-5-7-10-26)19-29(37)34-33-18-24-17-21(3)36(22(24)4)28-12-8-11-27(31)30(28)32/h5-18,20H,19H2,1-4H3,(H,34,37)/b33-18-. The highest BCUT2D eigenvalue weighted by Crippen LogP contribution is 2.31. The first-order valence-electron chi connectivity index (χ1n) is 12.6. The molecule has 3 aromatic carbocycles. The molecule has 208 valence electrons. The second kappa shape index (κ2) is 12.3. The van der Waals surface area contributed by atoms with E-state index in [4.69, 9.17) is 23.2 Å². The Morgan fingerprint density at radius 2 is 1.68 bits per heavy atom. The highest BCUT2D eigenvalue weighted by atomic mass is 35.5. The number of aromatic nitrogens is 1. The quantitative estimate of drug-likeness (QED) is 0.169. The normalized spacial score (nSPS) is 11.8. The van der Waals surface area contributed by atoms with E-state index in [0.29, 0.717) is 15.7 Å². The summed E-state index contributed by atoms with van der Waals surface area (Å²) in [5.41, 5.74) is 7.15. The molecule has 0 aliphatic carbocycles. The lowest BCUT2D eigenvalue weighted by Gasteiger charge is -2.24. The van der Waals surface area contributed by atoms with Crippen LogP contribution in [0.3, 0.4) is 0 Å². The van der Waals surface area contributed by atoms with Gasteiger partial charge in [0.05, 0.1) is 32.5 Å². The van der Waals surface area contributed by atoms with Crippen molar-refractivity contribution >= 4 is 51.0 Å². The summed E-state index contributed by atoms with van der Waals surface area (Å²) in [6, 6.07) is 22.5. The summed E-state index contributed by atoms with van der Waals surface area (Å²) in [5.74, 6) is -0.307. The molecular formula is C30H30Cl2N4O3S. The zero-order valence-corrected chi connectivity index (χ0v) is 24.9. The first kappa shape index (κ1) is 29.4. The zero-order valence-electron chi connectivity index (χ0n) is 22.6. The fourth-order valence-electron chi connectivity index (χ4n) is 4.35. The van der Waals surface area contributed by atoms with Gasteiger partial charge in [-0.3, -0.25) is 9.10 Å². The molecule has 4 rings (SSSR count). The van der Waals surface area contributed by atoms with Crippen LogP contribution in [0.15, 0.2) is 88.9 Å². The van der Waals surface area contributed by atoms with Crippen molar-refractivity contribution < 1.29 is 13.2 Å². The van der Waals surface area contributed by atoms with Crippen molar-refractivity contribution in [3.8, 4) is 5.69 Å². The summed E-state index contributed by atoms with van der Waals surface area (Å²) < 4.78 is 30.1. The number of nitrogens with one attached hydrogen (secondary N) is 1. The molecule has 0 bridgehead atoms. The van der Waals surface area contributed by atoms with Crippen molar-refractivity contribution in [3.05, 3.63) is 111 Å². The lowest BCUT2D eigenvalue weighted by Crippen LogP contribution is -2.39. The Hall–Kier alpha value is -3.59. The molecule has 0 unspecified atom stereocenters. The fourth-order valence-corrected chi connectivity index (χ4v) is 6.18. The van der Waals surface area contributed by atoms with Crippen LogP contribution in [0.5, 0.6) is 0 Å². The van der Waals surface area contributed by atoms with Crippen molar-refractivity contribution in [2.45, 2.75) is 38.5 Å². The molecule has 1 N–H and O–H groups in total. The summed E-state index contributed by atoms with van der Waals surface area (Å²) >= 11 is 12.6. The van der Waals surface area contributed by atoms with E-state index in [1.165, 1.54) is 18.3 Å². The Labute approximate surface area is 245 Å². The van der Waals surface area contributed by atoms with Gasteiger partial charge in [-0.25, -0.2) is 13.8 Å². The number of aryl methyl sites for hydroxylation is 1. The Morgan fingerprint density at radius 1 is 1.00 bits per heavy atom. The maximum absolute atomic E-state index is 13.5. The van der Waals surface area contributed by atoms with Crippen molar-refractivity contribution in [2.75, 3.05) is 10.8 Å². The zero-order chi connectivity index (χ0) is 29.0. The van der Waals surface area contributed by atoms with E-state index in [1.54, 1.807) is 36.4 Å². The molecular weight excluding hydrogens is 567 g/mol. The van der Waals surface area contributed by atoms with Crippen LogP contribution in [-0.4, -0.2) is 31.7 Å². The van der Waals surface area contributed by atoms with Gasteiger partial charge in [-0.1, -0.05) is 73.4 Å². The van der Waals surface area contributed by atoms with Gasteiger partial charge < -0.3 is 4.57 Å². The molecule has 0 spiro atoms. The number of nitrogens with zero attached hydrogens (tertiary/aromatic N) is 3. The molecule has 0 saturated heterocycles. The number of carbonyl (C=O) groups is 1. The number of hydrogen-bond donors (Lipinski definition) is 1. The van der Waals surface area contributed by atoms with Crippen LogP contribution in [0.4, 0.5) is 5.69 Å². The van der Waals surface area contributed by atoms with Crippen molar-refractivity contribution in [1.82, 2.24) is 9.99 Å². The third-order valence-corrected chi connectivity index (χ3v) is 9.10. The van der Waals surface area contributed by atoms with Crippen LogP contribution in [0.1, 0.15) is 42.3 Å². The average molecular weight is 598 g/mol. The summed E-state index contributed by atoms with van der Waals surface area (Å²) in [6.07, 6.45) is 1.52. The van der Waals surface area contributed by atoms with Crippen LogP contribution < -0.4 is 9.73 Å². The number of hydrazone groups is 1. The molecule has 1 heterocycles. The van der Waals surface area contributed by atoms with Crippen molar-refractivity contribution in [3.63, 3.8) is 0 Å². The van der Waals surface area contributed by atoms with Crippen molar-refractivity contribution in [2.24, 2.45) is 5.10 Å². The molecule has 0 aliphatic rings. The average Bonchev–Trinajstić information content (AvgIpc) is 3.21. The number of sulfonamides is 1. The van der Waals surface area contributed by atoms with E-state index < -0.39 is 22.5 Å². The monoisotopic (exact) mass is 596 g/mol. The van der Waals surface area contributed by atoms with Gasteiger partial charge in [0.2, 0.25) is 0 Å². The van der Waals surface area contributed by atoms with Gasteiger partial charge in [-0.05, 0) is 67.8 Å². The first-order valence-corrected chi connectivity index (χ1v) is 14.8. The van der Waals surface area contributed by atoms with E-state index in [2.05, 4.69) is 24.4 Å². The van der Waals surface area contributed by atoms with E-state index in [9.17, 15) is 13.2 Å². The molecule has 4 aromatic rings. The maximum Gasteiger partial charge on any atom is 0.264 e. The van der Waals surface area contributed by atoms with Crippen LogP contribution in [-0.2, 0) is 14.8 Å². The predicted octanol–water partition coefficient (Wildman–Crippen LogP) is 6.87. The lowest BCUT2D eigenvalue weighted by atomic mass is 10.0. The molecule has 0 aliphatic heterocycles. The minimum absolute atomic E-state index is 0.0892.